The Labute approximate surface area is 254 Å². The highest BCUT2D eigenvalue weighted by Gasteiger charge is 2.33. The number of hydrogen-bond acceptors (Lipinski definition) is 7. The lowest BCUT2D eigenvalue weighted by Crippen LogP contribution is -2.52. The Hall–Kier alpha value is -3.50. The Morgan fingerprint density at radius 1 is 0.833 bits per heavy atom. The number of thiocarbonyl (C=S) groups is 1. The molecule has 4 atom stereocenters. The maximum absolute atomic E-state index is 13.3. The largest absolute Gasteiger partial charge is 0.460 e. The van der Waals surface area contributed by atoms with Crippen LogP contribution in [0.1, 0.15) is 84.0 Å². The Morgan fingerprint density at radius 3 is 1.83 bits per heavy atom. The van der Waals surface area contributed by atoms with Crippen molar-refractivity contribution in [3.8, 4) is 0 Å². The van der Waals surface area contributed by atoms with Gasteiger partial charge in [-0.3, -0.25) is 9.59 Å². The zero-order chi connectivity index (χ0) is 30.9. The second-order valence-corrected chi connectivity index (χ2v) is 12.8. The number of amides is 1. The van der Waals surface area contributed by atoms with E-state index in [9.17, 15) is 14.4 Å². The van der Waals surface area contributed by atoms with E-state index in [2.05, 4.69) is 21.3 Å². The van der Waals surface area contributed by atoms with E-state index in [-0.39, 0.29) is 23.5 Å². The normalized spacial score (nSPS) is 17.3. The Kier molecular flexibility index (Phi) is 11.5. The van der Waals surface area contributed by atoms with Gasteiger partial charge in [-0.1, -0.05) is 60.7 Å². The predicted molar refractivity (Wildman–Crippen MR) is 166 cm³/mol. The molecular weight excluding hydrogens is 552 g/mol. The van der Waals surface area contributed by atoms with Gasteiger partial charge in [-0.25, -0.2) is 4.79 Å². The summed E-state index contributed by atoms with van der Waals surface area (Å²) in [5.74, 6) is -1.29. The summed E-state index contributed by atoms with van der Waals surface area (Å²) in [6, 6.07) is 16.9. The maximum Gasteiger partial charge on any atom is 0.329 e. The minimum atomic E-state index is -1.09. The molecule has 10 heteroatoms. The fourth-order valence-corrected chi connectivity index (χ4v) is 4.93. The number of hydrogen-bond donors (Lipinski definition) is 4. The molecule has 9 nitrogen and oxygen atoms in total. The third-order valence-corrected chi connectivity index (χ3v) is 6.64. The lowest BCUT2D eigenvalue weighted by Gasteiger charge is -2.32. The number of carbonyl (C=O) groups excluding carboxylic acids is 3. The molecule has 2 aromatic carbocycles. The van der Waals surface area contributed by atoms with Crippen LogP contribution >= 0.6 is 12.2 Å². The summed E-state index contributed by atoms with van der Waals surface area (Å²) < 4.78 is 11.1. The van der Waals surface area contributed by atoms with Crippen molar-refractivity contribution in [2.45, 2.75) is 96.2 Å². The van der Waals surface area contributed by atoms with Gasteiger partial charge in [0.05, 0.1) is 24.5 Å². The summed E-state index contributed by atoms with van der Waals surface area (Å²) in [6.07, 6.45) is 1.42. The van der Waals surface area contributed by atoms with Crippen LogP contribution in [0.2, 0.25) is 0 Å². The van der Waals surface area contributed by atoms with Crippen LogP contribution in [0.5, 0.6) is 0 Å². The SMILES string of the molecule is CC(C)(C)OC(=O)C[C@H](NC(=S)N[C@@H](c1ccccc1)[C@@H](NC(=O)[C@@H]1CCCN1)c1ccccc1)C(=O)OC(C)(C)C. The fraction of sp³-hybridized carbons (Fsp3) is 0.500. The highest BCUT2D eigenvalue weighted by molar-refractivity contribution is 7.80. The molecule has 1 aliphatic heterocycles. The van der Waals surface area contributed by atoms with Crippen LogP contribution in [0.3, 0.4) is 0 Å². The summed E-state index contributed by atoms with van der Waals surface area (Å²) in [5.41, 5.74) is 0.257. The monoisotopic (exact) mass is 596 g/mol. The minimum Gasteiger partial charge on any atom is -0.460 e. The van der Waals surface area contributed by atoms with Gasteiger partial charge < -0.3 is 30.7 Å². The van der Waals surface area contributed by atoms with Crippen LogP contribution in [0.4, 0.5) is 0 Å². The molecule has 42 heavy (non-hydrogen) atoms. The average Bonchev–Trinajstić information content (AvgIpc) is 3.44. The summed E-state index contributed by atoms with van der Waals surface area (Å²) in [4.78, 5) is 39.2. The van der Waals surface area contributed by atoms with Gasteiger partial charge in [-0.2, -0.15) is 0 Å². The maximum atomic E-state index is 13.3. The third kappa shape index (κ3) is 10.7. The molecule has 1 aliphatic rings. The van der Waals surface area contributed by atoms with E-state index < -0.39 is 41.3 Å². The molecule has 0 aliphatic carbocycles. The van der Waals surface area contributed by atoms with Gasteiger partial charge in [0, 0.05) is 0 Å². The molecule has 228 valence electrons. The minimum absolute atomic E-state index is 0.0977. The van der Waals surface area contributed by atoms with Gasteiger partial charge in [-0.05, 0) is 84.3 Å². The molecule has 0 spiro atoms. The van der Waals surface area contributed by atoms with Crippen LogP contribution in [-0.2, 0) is 23.9 Å². The highest BCUT2D eigenvalue weighted by atomic mass is 32.1. The molecule has 2 aromatic rings. The molecule has 1 heterocycles. The second kappa shape index (κ2) is 14.6. The van der Waals surface area contributed by atoms with Crippen LogP contribution in [0.25, 0.3) is 0 Å². The predicted octanol–water partition coefficient (Wildman–Crippen LogP) is 4.24. The zero-order valence-corrected chi connectivity index (χ0v) is 26.2. The summed E-state index contributed by atoms with van der Waals surface area (Å²) in [5, 5.41) is 12.9. The molecule has 1 saturated heterocycles. The molecule has 0 aromatic heterocycles. The molecule has 0 unspecified atom stereocenters. The van der Waals surface area contributed by atoms with Crippen LogP contribution in [0, 0.1) is 0 Å². The van der Waals surface area contributed by atoms with Crippen molar-refractivity contribution in [3.63, 3.8) is 0 Å². The van der Waals surface area contributed by atoms with E-state index in [0.717, 1.165) is 30.5 Å². The quantitative estimate of drug-likeness (QED) is 0.236. The zero-order valence-electron chi connectivity index (χ0n) is 25.4. The van der Waals surface area contributed by atoms with Crippen LogP contribution in [-0.4, -0.2) is 52.8 Å². The lowest BCUT2D eigenvalue weighted by atomic mass is 9.93. The summed E-state index contributed by atoms with van der Waals surface area (Å²) in [6.45, 7) is 11.3. The van der Waals surface area contributed by atoms with E-state index >= 15 is 0 Å². The Morgan fingerprint density at radius 2 is 1.36 bits per heavy atom. The standard InChI is InChI=1S/C32H44N4O5S/c1-31(2,3)40-25(37)20-24(29(39)41-32(4,5)6)34-30(42)36-27(22-16-11-8-12-17-22)26(21-14-9-7-10-15-21)35-28(38)23-18-13-19-33-23/h7-12,14-17,23-24,26-27,33H,13,18-20H2,1-6H3,(H,35,38)(H2,34,36,42)/t23-,24-,26-,27-/m0/s1. The Balaban J connectivity index is 1.90. The second-order valence-electron chi connectivity index (χ2n) is 12.4. The molecule has 1 amide bonds. The van der Waals surface area contributed by atoms with E-state index in [4.69, 9.17) is 21.7 Å². The highest BCUT2D eigenvalue weighted by Crippen LogP contribution is 2.29. The number of carbonyl (C=O) groups is 3. The van der Waals surface area contributed by atoms with Crippen molar-refractivity contribution < 1.29 is 23.9 Å². The molecule has 4 N–H and O–H groups in total. The van der Waals surface area contributed by atoms with Crippen molar-refractivity contribution in [3.05, 3.63) is 71.8 Å². The van der Waals surface area contributed by atoms with Crippen molar-refractivity contribution >= 4 is 35.2 Å². The number of esters is 2. The Bertz CT molecular complexity index is 1200. The van der Waals surface area contributed by atoms with Gasteiger partial charge in [-0.15, -0.1) is 0 Å². The van der Waals surface area contributed by atoms with Gasteiger partial charge in [0.25, 0.3) is 0 Å². The molecular formula is C32H44N4O5S. The van der Waals surface area contributed by atoms with Crippen molar-refractivity contribution in [2.75, 3.05) is 6.54 Å². The number of rotatable bonds is 10. The third-order valence-electron chi connectivity index (χ3n) is 6.40. The number of nitrogens with one attached hydrogen (secondary N) is 4. The van der Waals surface area contributed by atoms with Crippen LogP contribution < -0.4 is 21.3 Å². The molecule has 0 radical (unpaired) electrons. The average molecular weight is 597 g/mol. The fourth-order valence-electron chi connectivity index (χ4n) is 4.66. The first-order valence-electron chi connectivity index (χ1n) is 14.4. The van der Waals surface area contributed by atoms with Crippen LogP contribution in [0.15, 0.2) is 60.7 Å². The molecule has 0 bridgehead atoms. The lowest BCUT2D eigenvalue weighted by molar-refractivity contribution is -0.164. The number of ether oxygens (including phenoxy) is 2. The van der Waals surface area contributed by atoms with E-state index in [1.807, 2.05) is 60.7 Å². The van der Waals surface area contributed by atoms with E-state index in [1.165, 1.54) is 0 Å². The molecule has 1 fully saturated rings. The summed E-state index contributed by atoms with van der Waals surface area (Å²) in [7, 11) is 0. The van der Waals surface area contributed by atoms with Gasteiger partial charge >= 0.3 is 11.9 Å². The smallest absolute Gasteiger partial charge is 0.329 e. The first-order valence-corrected chi connectivity index (χ1v) is 14.8. The van der Waals surface area contributed by atoms with E-state index in [0.29, 0.717) is 0 Å². The van der Waals surface area contributed by atoms with Crippen molar-refractivity contribution in [1.29, 1.82) is 0 Å². The first kappa shape index (κ1) is 33.0. The van der Waals surface area contributed by atoms with Gasteiger partial charge in [0.15, 0.2) is 5.11 Å². The van der Waals surface area contributed by atoms with E-state index in [1.54, 1.807) is 41.5 Å². The van der Waals surface area contributed by atoms with Crippen molar-refractivity contribution in [1.82, 2.24) is 21.3 Å². The summed E-state index contributed by atoms with van der Waals surface area (Å²) >= 11 is 5.71. The first-order chi connectivity index (χ1) is 19.7. The molecule has 0 saturated carbocycles. The topological polar surface area (TPSA) is 118 Å². The molecule has 3 rings (SSSR count). The van der Waals surface area contributed by atoms with Crippen molar-refractivity contribution in [2.24, 2.45) is 0 Å². The van der Waals surface area contributed by atoms with Gasteiger partial charge in [0.1, 0.15) is 17.2 Å². The number of benzene rings is 2. The van der Waals surface area contributed by atoms with Gasteiger partial charge in [0.2, 0.25) is 5.91 Å².